The van der Waals surface area contributed by atoms with E-state index in [-0.39, 0.29) is 0 Å². The topological polar surface area (TPSA) is 53.1 Å². The fraction of sp³-hybridized carbons (Fsp3) is 0.357. The lowest BCUT2D eigenvalue weighted by atomic mass is 10.2. The summed E-state index contributed by atoms with van der Waals surface area (Å²) >= 11 is 7.03. The van der Waals surface area contributed by atoms with Gasteiger partial charge >= 0.3 is 0 Å². The van der Waals surface area contributed by atoms with Crippen LogP contribution in [-0.2, 0) is 26.6 Å². The average Bonchev–Trinajstić information content (AvgIpc) is 2.78. The molecule has 1 aromatic carbocycles. The highest BCUT2D eigenvalue weighted by Crippen LogP contribution is 2.35. The number of hydrogen-bond acceptors (Lipinski definition) is 3. The van der Waals surface area contributed by atoms with Crippen LogP contribution in [0, 0.1) is 0 Å². The zero-order valence-corrected chi connectivity index (χ0v) is 14.7. The van der Waals surface area contributed by atoms with Crippen molar-refractivity contribution in [3.05, 3.63) is 44.1 Å². The third-order valence-corrected chi connectivity index (χ3v) is 4.23. The molecule has 6 heteroatoms. The number of benzene rings is 1. The summed E-state index contributed by atoms with van der Waals surface area (Å²) < 4.78 is 9.54. The summed E-state index contributed by atoms with van der Waals surface area (Å²) in [6.45, 7) is 3.06. The molecule has 20 heavy (non-hydrogen) atoms. The van der Waals surface area contributed by atoms with Crippen LogP contribution in [0.15, 0.2) is 27.1 Å². The van der Waals surface area contributed by atoms with Gasteiger partial charge in [0.15, 0.2) is 0 Å². The van der Waals surface area contributed by atoms with E-state index in [9.17, 15) is 0 Å². The lowest BCUT2D eigenvalue weighted by Gasteiger charge is -2.11. The molecule has 0 radical (unpaired) electrons. The summed E-state index contributed by atoms with van der Waals surface area (Å²) in [5.74, 6) is 0.779. The summed E-state index contributed by atoms with van der Waals surface area (Å²) in [7, 11) is 1.93. The zero-order valence-electron chi connectivity index (χ0n) is 11.5. The van der Waals surface area contributed by atoms with E-state index in [2.05, 4.69) is 49.9 Å². The van der Waals surface area contributed by atoms with E-state index in [0.29, 0.717) is 13.2 Å². The maximum absolute atomic E-state index is 5.90. The van der Waals surface area contributed by atoms with E-state index in [1.54, 1.807) is 0 Å². The third-order valence-electron chi connectivity index (χ3n) is 3.05. The highest BCUT2D eigenvalue weighted by atomic mass is 79.9. The van der Waals surface area contributed by atoms with Gasteiger partial charge in [0.1, 0.15) is 12.4 Å². The van der Waals surface area contributed by atoms with Crippen molar-refractivity contribution in [3.8, 4) is 5.75 Å². The van der Waals surface area contributed by atoms with Gasteiger partial charge in [-0.25, -0.2) is 0 Å². The van der Waals surface area contributed by atoms with Crippen molar-refractivity contribution in [1.29, 1.82) is 0 Å². The quantitative estimate of drug-likeness (QED) is 0.831. The van der Waals surface area contributed by atoms with Crippen LogP contribution in [-0.4, -0.2) is 9.78 Å². The largest absolute Gasteiger partial charge is 0.485 e. The van der Waals surface area contributed by atoms with Crippen molar-refractivity contribution in [1.82, 2.24) is 9.78 Å². The molecule has 1 heterocycles. The Morgan fingerprint density at radius 1 is 1.25 bits per heavy atom. The number of nitrogens with two attached hydrogens (primary N) is 1. The van der Waals surface area contributed by atoms with E-state index in [1.807, 2.05) is 23.9 Å². The second-order valence-electron chi connectivity index (χ2n) is 4.49. The molecule has 0 aliphatic carbocycles. The minimum Gasteiger partial charge on any atom is -0.485 e. The lowest BCUT2D eigenvalue weighted by molar-refractivity contribution is 0.291. The van der Waals surface area contributed by atoms with Crippen LogP contribution < -0.4 is 10.5 Å². The minimum atomic E-state index is 0.475. The van der Waals surface area contributed by atoms with E-state index < -0.39 is 0 Å². The summed E-state index contributed by atoms with van der Waals surface area (Å²) in [6, 6.07) is 6.01. The molecule has 0 fully saturated rings. The van der Waals surface area contributed by atoms with E-state index >= 15 is 0 Å². The fourth-order valence-corrected chi connectivity index (χ4v) is 3.40. The van der Waals surface area contributed by atoms with E-state index in [1.165, 1.54) is 0 Å². The highest BCUT2D eigenvalue weighted by Gasteiger charge is 2.11. The maximum atomic E-state index is 5.90. The first-order chi connectivity index (χ1) is 9.55. The molecule has 0 spiro atoms. The summed E-state index contributed by atoms with van der Waals surface area (Å²) in [5, 5.41) is 4.41. The van der Waals surface area contributed by atoms with Crippen LogP contribution in [0.1, 0.15) is 23.9 Å². The first-order valence-electron chi connectivity index (χ1n) is 6.37. The molecule has 0 bridgehead atoms. The van der Waals surface area contributed by atoms with Crippen LogP contribution in [0.25, 0.3) is 0 Å². The molecule has 0 aliphatic heterocycles. The number of aryl methyl sites for hydroxylation is 2. The van der Waals surface area contributed by atoms with Gasteiger partial charge in [0.2, 0.25) is 0 Å². The molecular weight excluding hydrogens is 386 g/mol. The summed E-state index contributed by atoms with van der Waals surface area (Å²) in [4.78, 5) is 0. The summed E-state index contributed by atoms with van der Waals surface area (Å²) in [5.41, 5.74) is 8.81. The highest BCUT2D eigenvalue weighted by molar-refractivity contribution is 9.11. The Labute approximate surface area is 135 Å². The smallest absolute Gasteiger partial charge is 0.148 e. The first-order valence-corrected chi connectivity index (χ1v) is 7.96. The zero-order chi connectivity index (χ0) is 14.7. The Hall–Kier alpha value is -0.850. The Morgan fingerprint density at radius 3 is 2.40 bits per heavy atom. The molecule has 4 nitrogen and oxygen atoms in total. The van der Waals surface area contributed by atoms with Crippen LogP contribution >= 0.6 is 31.9 Å². The van der Waals surface area contributed by atoms with Crippen LogP contribution in [0.3, 0.4) is 0 Å². The van der Waals surface area contributed by atoms with Gasteiger partial charge in [0.05, 0.1) is 20.3 Å². The standard InChI is InChI=1S/C14H17Br2N3O/c1-3-10-6-11(19(2)18-10)8-20-14-12(15)4-9(7-17)5-13(14)16/h4-6H,3,7-8,17H2,1-2H3. The molecule has 0 aliphatic rings. The van der Waals surface area contributed by atoms with Gasteiger partial charge in [-0.15, -0.1) is 0 Å². The maximum Gasteiger partial charge on any atom is 0.148 e. The van der Waals surface area contributed by atoms with Gasteiger partial charge in [-0.3, -0.25) is 4.68 Å². The predicted octanol–water partition coefficient (Wildman–Crippen LogP) is 3.55. The van der Waals surface area contributed by atoms with Crippen LogP contribution in [0.5, 0.6) is 5.75 Å². The van der Waals surface area contributed by atoms with Gasteiger partial charge < -0.3 is 10.5 Å². The van der Waals surface area contributed by atoms with Crippen molar-refractivity contribution in [2.24, 2.45) is 12.8 Å². The second-order valence-corrected chi connectivity index (χ2v) is 6.19. The number of hydrogen-bond donors (Lipinski definition) is 1. The third kappa shape index (κ3) is 3.42. The number of ether oxygens (including phenoxy) is 1. The van der Waals surface area contributed by atoms with E-state index in [0.717, 1.165) is 38.1 Å². The second kappa shape index (κ2) is 6.74. The molecule has 0 saturated carbocycles. The van der Waals surface area contributed by atoms with Crippen LogP contribution in [0.4, 0.5) is 0 Å². The average molecular weight is 403 g/mol. The molecule has 2 N–H and O–H groups in total. The number of rotatable bonds is 5. The van der Waals surface area contributed by atoms with Gasteiger partial charge in [0, 0.05) is 13.6 Å². The van der Waals surface area contributed by atoms with Crippen LogP contribution in [0.2, 0.25) is 0 Å². The Bertz CT molecular complexity index is 587. The number of halogens is 2. The fourth-order valence-electron chi connectivity index (χ4n) is 1.89. The predicted molar refractivity (Wildman–Crippen MR) is 86.7 cm³/mol. The van der Waals surface area contributed by atoms with Gasteiger partial charge in [0.25, 0.3) is 0 Å². The molecule has 2 rings (SSSR count). The molecule has 0 unspecified atom stereocenters. The van der Waals surface area contributed by atoms with E-state index in [4.69, 9.17) is 10.5 Å². The summed E-state index contributed by atoms with van der Waals surface area (Å²) in [6.07, 6.45) is 0.923. The molecule has 0 atom stereocenters. The Morgan fingerprint density at radius 2 is 1.90 bits per heavy atom. The van der Waals surface area contributed by atoms with Crippen molar-refractivity contribution in [3.63, 3.8) is 0 Å². The molecule has 0 amide bonds. The Balaban J connectivity index is 2.16. The normalized spacial score (nSPS) is 10.8. The first kappa shape index (κ1) is 15.5. The Kier molecular flexibility index (Phi) is 5.23. The van der Waals surface area contributed by atoms with Crippen molar-refractivity contribution < 1.29 is 4.74 Å². The molecular formula is C14H17Br2N3O. The van der Waals surface area contributed by atoms with Gasteiger partial charge in [-0.2, -0.15) is 5.10 Å². The number of aromatic nitrogens is 2. The molecule has 1 aromatic heterocycles. The monoisotopic (exact) mass is 401 g/mol. The van der Waals surface area contributed by atoms with Crippen molar-refractivity contribution in [2.75, 3.05) is 0 Å². The van der Waals surface area contributed by atoms with Crippen molar-refractivity contribution >= 4 is 31.9 Å². The number of nitrogens with zero attached hydrogens (tertiary/aromatic N) is 2. The SMILES string of the molecule is CCc1cc(COc2c(Br)cc(CN)cc2Br)n(C)n1. The molecule has 108 valence electrons. The lowest BCUT2D eigenvalue weighted by Crippen LogP contribution is -2.04. The minimum absolute atomic E-state index is 0.475. The van der Waals surface area contributed by atoms with Crippen molar-refractivity contribution in [2.45, 2.75) is 26.5 Å². The van der Waals surface area contributed by atoms with Gasteiger partial charge in [-0.1, -0.05) is 6.92 Å². The molecule has 2 aromatic rings. The molecule has 0 saturated heterocycles. The van der Waals surface area contributed by atoms with Gasteiger partial charge in [-0.05, 0) is 62.0 Å².